The maximum atomic E-state index is 4.03. The lowest BCUT2D eigenvalue weighted by molar-refractivity contribution is 0.0800. The van der Waals surface area contributed by atoms with Crippen LogP contribution >= 0.6 is 0 Å². The van der Waals surface area contributed by atoms with Crippen LogP contribution in [0.15, 0.2) is 24.3 Å². The van der Waals surface area contributed by atoms with Gasteiger partial charge in [0.05, 0.1) is 0 Å². The molecule has 2 aliphatic rings. The Hall–Kier alpha value is -0.520. The minimum Gasteiger partial charge on any atom is -0.102 e. The first-order chi connectivity index (χ1) is 7.54. The summed E-state index contributed by atoms with van der Waals surface area (Å²) in [5, 5.41) is 0. The molecule has 0 aromatic rings. The fourth-order valence-electron chi connectivity index (χ4n) is 4.38. The van der Waals surface area contributed by atoms with Crippen molar-refractivity contribution in [3.05, 3.63) is 24.3 Å². The Balaban J connectivity index is 2.36. The van der Waals surface area contributed by atoms with E-state index in [-0.39, 0.29) is 0 Å². The number of fused-ring (bicyclic) bond motifs is 1. The highest BCUT2D eigenvalue weighted by molar-refractivity contribution is 5.28. The monoisotopic (exact) mass is 218 g/mol. The lowest BCUT2D eigenvalue weighted by Gasteiger charge is -2.44. The third-order valence-electron chi connectivity index (χ3n) is 5.63. The smallest absolute Gasteiger partial charge is 0.00175 e. The molecular weight excluding hydrogens is 192 g/mol. The molecule has 90 valence electrons. The molecular formula is C16H26. The minimum atomic E-state index is 0.472. The quantitative estimate of drug-likeness (QED) is 0.553. The van der Waals surface area contributed by atoms with Gasteiger partial charge in [-0.25, -0.2) is 0 Å². The van der Waals surface area contributed by atoms with Crippen molar-refractivity contribution in [2.24, 2.45) is 29.1 Å². The van der Waals surface area contributed by atoms with Gasteiger partial charge in [-0.05, 0) is 55.3 Å². The largest absolute Gasteiger partial charge is 0.102 e. The van der Waals surface area contributed by atoms with Crippen molar-refractivity contribution in [3.8, 4) is 0 Å². The molecule has 0 amide bonds. The van der Waals surface area contributed by atoms with Gasteiger partial charge in [0, 0.05) is 0 Å². The number of allylic oxidation sites excluding steroid dienone is 3. The van der Waals surface area contributed by atoms with E-state index in [2.05, 4.69) is 46.4 Å². The molecule has 2 fully saturated rings. The first kappa shape index (κ1) is 12.0. The Kier molecular flexibility index (Phi) is 3.03. The number of hydrogen-bond acceptors (Lipinski definition) is 0. The summed E-state index contributed by atoms with van der Waals surface area (Å²) in [6.07, 6.45) is 8.67. The van der Waals surface area contributed by atoms with Gasteiger partial charge < -0.3 is 0 Å². The van der Waals surface area contributed by atoms with Gasteiger partial charge in [-0.2, -0.15) is 0 Å². The SMILES string of the molecule is C=C[C@H]1C[C@H]2C(C)C(C)CC[C@]2(C)/C1=C/C. The summed E-state index contributed by atoms with van der Waals surface area (Å²) < 4.78 is 0. The molecule has 0 saturated heterocycles. The fourth-order valence-corrected chi connectivity index (χ4v) is 4.38. The van der Waals surface area contributed by atoms with Crippen molar-refractivity contribution >= 4 is 0 Å². The molecule has 0 bridgehead atoms. The summed E-state index contributed by atoms with van der Waals surface area (Å²) in [7, 11) is 0. The average molecular weight is 218 g/mol. The fraction of sp³-hybridized carbons (Fsp3) is 0.750. The summed E-state index contributed by atoms with van der Waals surface area (Å²) in [5.74, 6) is 3.30. The Labute approximate surface area is 101 Å². The van der Waals surface area contributed by atoms with Crippen LogP contribution in [0.25, 0.3) is 0 Å². The van der Waals surface area contributed by atoms with E-state index in [1.165, 1.54) is 19.3 Å². The molecule has 2 rings (SSSR count). The first-order valence-electron chi connectivity index (χ1n) is 6.83. The standard InChI is InChI=1S/C16H26/c1-6-13-10-15-12(4)11(3)8-9-16(15,5)14(13)7-2/h6-7,11-13,15H,1,8-10H2,2-5H3/b14-7+/t11?,12?,13-,15-,16+/m0/s1. The number of hydrogen-bond donors (Lipinski definition) is 0. The van der Waals surface area contributed by atoms with Crippen LogP contribution in [0.1, 0.15) is 47.0 Å². The number of rotatable bonds is 1. The molecule has 2 aliphatic carbocycles. The van der Waals surface area contributed by atoms with Gasteiger partial charge in [0.25, 0.3) is 0 Å². The lowest BCUT2D eigenvalue weighted by Crippen LogP contribution is -2.36. The summed E-state index contributed by atoms with van der Waals surface area (Å²) in [4.78, 5) is 0. The normalized spacial score (nSPS) is 50.4. The Morgan fingerprint density at radius 1 is 1.38 bits per heavy atom. The topological polar surface area (TPSA) is 0 Å². The third-order valence-corrected chi connectivity index (χ3v) is 5.63. The van der Waals surface area contributed by atoms with Gasteiger partial charge in [-0.1, -0.05) is 38.5 Å². The molecule has 16 heavy (non-hydrogen) atoms. The zero-order valence-electron chi connectivity index (χ0n) is 11.3. The van der Waals surface area contributed by atoms with Crippen molar-refractivity contribution in [1.29, 1.82) is 0 Å². The lowest BCUT2D eigenvalue weighted by atomic mass is 9.60. The van der Waals surface area contributed by atoms with Crippen LogP contribution in [-0.4, -0.2) is 0 Å². The van der Waals surface area contributed by atoms with E-state index in [1.807, 2.05) is 0 Å². The zero-order chi connectivity index (χ0) is 11.9. The first-order valence-corrected chi connectivity index (χ1v) is 6.83. The highest BCUT2D eigenvalue weighted by Crippen LogP contribution is 2.60. The van der Waals surface area contributed by atoms with E-state index < -0.39 is 0 Å². The summed E-state index contributed by atoms with van der Waals surface area (Å²) in [6.45, 7) is 13.6. The van der Waals surface area contributed by atoms with E-state index in [1.54, 1.807) is 5.57 Å². The molecule has 2 saturated carbocycles. The molecule has 0 aliphatic heterocycles. The molecule has 0 aromatic heterocycles. The third kappa shape index (κ3) is 1.49. The van der Waals surface area contributed by atoms with Crippen LogP contribution in [-0.2, 0) is 0 Å². The molecule has 0 heteroatoms. The van der Waals surface area contributed by atoms with E-state index >= 15 is 0 Å². The van der Waals surface area contributed by atoms with E-state index in [0.29, 0.717) is 11.3 Å². The molecule has 0 radical (unpaired) electrons. The maximum absolute atomic E-state index is 4.03. The van der Waals surface area contributed by atoms with Gasteiger partial charge in [-0.3, -0.25) is 0 Å². The predicted molar refractivity (Wildman–Crippen MR) is 71.2 cm³/mol. The van der Waals surface area contributed by atoms with E-state index in [4.69, 9.17) is 0 Å². The zero-order valence-corrected chi connectivity index (χ0v) is 11.3. The molecule has 0 spiro atoms. The highest BCUT2D eigenvalue weighted by atomic mass is 14.6. The molecule has 0 aromatic carbocycles. The van der Waals surface area contributed by atoms with Gasteiger partial charge in [-0.15, -0.1) is 6.58 Å². The van der Waals surface area contributed by atoms with Crippen molar-refractivity contribution in [2.75, 3.05) is 0 Å². The highest BCUT2D eigenvalue weighted by Gasteiger charge is 2.51. The second-order valence-corrected chi connectivity index (χ2v) is 6.22. The summed E-state index contributed by atoms with van der Waals surface area (Å²) >= 11 is 0. The molecule has 0 heterocycles. The van der Waals surface area contributed by atoms with Gasteiger partial charge in [0.2, 0.25) is 0 Å². The molecule has 2 unspecified atom stereocenters. The summed E-state index contributed by atoms with van der Waals surface area (Å²) in [5.41, 5.74) is 2.14. The van der Waals surface area contributed by atoms with E-state index in [9.17, 15) is 0 Å². The van der Waals surface area contributed by atoms with Crippen LogP contribution in [0.5, 0.6) is 0 Å². The average Bonchev–Trinajstić information content (AvgIpc) is 2.57. The molecule has 0 nitrogen and oxygen atoms in total. The second kappa shape index (κ2) is 4.05. The van der Waals surface area contributed by atoms with Gasteiger partial charge in [0.1, 0.15) is 0 Å². The van der Waals surface area contributed by atoms with Crippen molar-refractivity contribution < 1.29 is 0 Å². The Bertz CT molecular complexity index is 312. The summed E-state index contributed by atoms with van der Waals surface area (Å²) in [6, 6.07) is 0. The van der Waals surface area contributed by atoms with Crippen molar-refractivity contribution in [1.82, 2.24) is 0 Å². The second-order valence-electron chi connectivity index (χ2n) is 6.22. The maximum Gasteiger partial charge on any atom is -0.00175 e. The van der Waals surface area contributed by atoms with Gasteiger partial charge in [0.15, 0.2) is 0 Å². The minimum absolute atomic E-state index is 0.472. The van der Waals surface area contributed by atoms with Gasteiger partial charge >= 0.3 is 0 Å². The Morgan fingerprint density at radius 3 is 2.62 bits per heavy atom. The van der Waals surface area contributed by atoms with Crippen LogP contribution in [0.2, 0.25) is 0 Å². The van der Waals surface area contributed by atoms with Crippen LogP contribution in [0.3, 0.4) is 0 Å². The van der Waals surface area contributed by atoms with E-state index in [0.717, 1.165) is 17.8 Å². The molecule has 0 N–H and O–H groups in total. The molecule has 5 atom stereocenters. The van der Waals surface area contributed by atoms with Crippen LogP contribution in [0.4, 0.5) is 0 Å². The van der Waals surface area contributed by atoms with Crippen LogP contribution in [0, 0.1) is 29.1 Å². The Morgan fingerprint density at radius 2 is 2.06 bits per heavy atom. The van der Waals surface area contributed by atoms with Crippen LogP contribution < -0.4 is 0 Å². The predicted octanol–water partition coefficient (Wildman–Crippen LogP) is 4.83. The van der Waals surface area contributed by atoms with Crippen molar-refractivity contribution in [2.45, 2.75) is 47.0 Å². The van der Waals surface area contributed by atoms with Crippen molar-refractivity contribution in [3.63, 3.8) is 0 Å².